The van der Waals surface area contributed by atoms with Crippen molar-refractivity contribution in [3.63, 3.8) is 0 Å². The van der Waals surface area contributed by atoms with Crippen LogP contribution in [0.1, 0.15) is 37.5 Å². The van der Waals surface area contributed by atoms with Crippen LogP contribution < -0.4 is 4.90 Å². The second-order valence-corrected chi connectivity index (χ2v) is 16.3. The summed E-state index contributed by atoms with van der Waals surface area (Å²) in [5.41, 5.74) is 18.6. The minimum atomic E-state index is -0.0670. The summed E-state index contributed by atoms with van der Waals surface area (Å²) in [6.45, 7) is 21.3. The zero-order valence-corrected chi connectivity index (χ0v) is 35.7. The quantitative estimate of drug-likeness (QED) is 0.149. The first-order valence-electron chi connectivity index (χ1n) is 21.2. The Morgan fingerprint density at radius 2 is 1.23 bits per heavy atom. The molecule has 302 valence electrons. The molecule has 0 saturated carbocycles. The van der Waals surface area contributed by atoms with Crippen LogP contribution in [0.3, 0.4) is 0 Å². The largest absolute Gasteiger partial charge is 0.493 e. The molecule has 0 amide bonds. The molecule has 3 heteroatoms. The van der Waals surface area contributed by atoms with Crippen molar-refractivity contribution in [3.8, 4) is 27.9 Å². The highest BCUT2D eigenvalue weighted by Crippen LogP contribution is 2.49. The molecule has 10 rings (SSSR count). The van der Waals surface area contributed by atoms with Crippen LogP contribution in [0.25, 0.3) is 55.3 Å². The molecule has 0 bridgehead atoms. The molecule has 0 saturated heterocycles. The van der Waals surface area contributed by atoms with Crippen LogP contribution >= 0.6 is 0 Å². The normalized spacial score (nSPS) is 16.6. The number of allylic oxidation sites excluding steroid dienone is 7. The number of hydrogen-bond donors (Lipinski definition) is 0. The van der Waals surface area contributed by atoms with Crippen LogP contribution in [0.2, 0.25) is 0 Å². The highest BCUT2D eigenvalue weighted by atomic mass is 16.5. The molecule has 8 aromatic rings. The summed E-state index contributed by atoms with van der Waals surface area (Å²) in [6.07, 6.45) is 7.96. The van der Waals surface area contributed by atoms with E-state index in [1.165, 1.54) is 60.9 Å². The molecule has 1 aromatic heterocycles. The van der Waals surface area contributed by atoms with Gasteiger partial charge in [0.1, 0.15) is 12.4 Å². The second kappa shape index (κ2) is 16.4. The number of rotatable bonds is 7. The molecule has 1 aliphatic heterocycles. The molecular weight excluding hydrogens is 753 g/mol. The van der Waals surface area contributed by atoms with E-state index in [1.807, 2.05) is 19.1 Å². The Morgan fingerprint density at radius 1 is 0.613 bits per heavy atom. The van der Waals surface area contributed by atoms with E-state index in [4.69, 9.17) is 4.74 Å². The minimum absolute atomic E-state index is 0.0670. The Kier molecular flexibility index (Phi) is 10.6. The summed E-state index contributed by atoms with van der Waals surface area (Å²) in [5, 5.41) is 2.49. The van der Waals surface area contributed by atoms with Gasteiger partial charge in [0, 0.05) is 44.5 Å². The van der Waals surface area contributed by atoms with Gasteiger partial charge < -0.3 is 14.2 Å². The average molecular weight is 803 g/mol. The Morgan fingerprint density at radius 3 is 1.97 bits per heavy atom. The zero-order valence-electron chi connectivity index (χ0n) is 35.7. The predicted octanol–water partition coefficient (Wildman–Crippen LogP) is 16.0. The molecule has 2 heterocycles. The molecule has 2 aliphatic rings. The van der Waals surface area contributed by atoms with Crippen LogP contribution in [-0.4, -0.2) is 11.2 Å². The molecule has 7 aromatic carbocycles. The van der Waals surface area contributed by atoms with Gasteiger partial charge in [0.2, 0.25) is 0 Å². The van der Waals surface area contributed by atoms with E-state index in [0.29, 0.717) is 6.61 Å². The number of anilines is 3. The fourth-order valence-corrected chi connectivity index (χ4v) is 9.28. The first-order chi connectivity index (χ1) is 30.3. The summed E-state index contributed by atoms with van der Waals surface area (Å²) in [4.78, 5) is 2.31. The highest BCUT2D eigenvalue weighted by molar-refractivity contribution is 6.10. The van der Waals surface area contributed by atoms with Gasteiger partial charge in [-0.3, -0.25) is 0 Å². The van der Waals surface area contributed by atoms with Crippen molar-refractivity contribution in [2.75, 3.05) is 11.5 Å². The van der Waals surface area contributed by atoms with Gasteiger partial charge in [-0.25, -0.2) is 0 Å². The molecule has 1 aliphatic carbocycles. The maximum absolute atomic E-state index is 6.19. The van der Waals surface area contributed by atoms with E-state index in [2.05, 4.69) is 219 Å². The van der Waals surface area contributed by atoms with Gasteiger partial charge in [-0.15, -0.1) is 13.2 Å². The Labute approximate surface area is 365 Å². The summed E-state index contributed by atoms with van der Waals surface area (Å²) in [5.74, 6) is 0.820. The third kappa shape index (κ3) is 6.92. The predicted molar refractivity (Wildman–Crippen MR) is 265 cm³/mol. The van der Waals surface area contributed by atoms with E-state index in [-0.39, 0.29) is 5.41 Å². The first kappa shape index (κ1) is 39.8. The molecule has 62 heavy (non-hydrogen) atoms. The lowest BCUT2D eigenvalue weighted by Gasteiger charge is -2.26. The van der Waals surface area contributed by atoms with E-state index in [9.17, 15) is 0 Å². The monoisotopic (exact) mass is 802 g/mol. The average Bonchev–Trinajstić information content (AvgIpc) is 3.78. The van der Waals surface area contributed by atoms with Crippen molar-refractivity contribution >= 4 is 44.4 Å². The molecule has 0 radical (unpaired) electrons. The molecule has 3 nitrogen and oxygen atoms in total. The van der Waals surface area contributed by atoms with Crippen LogP contribution in [0.15, 0.2) is 231 Å². The highest BCUT2D eigenvalue weighted by Gasteiger charge is 2.35. The maximum Gasteiger partial charge on any atom is 0.113 e. The summed E-state index contributed by atoms with van der Waals surface area (Å²) in [6, 6.07) is 59.8. The standard InChI is InChI=1S/C57H46N2O.C2H4/c1-6-48-38(2)15-14-16-43(37-60-39(48)3)41-25-30-46(31-26-41)58(44-17-8-7-9-18-44)45-28-23-40(24-29-45)42-27-34-56-52(35-42)51-20-11-13-22-55(51)59(56)47-32-33-50-49-19-10-12-21-53(49)57(4,5)54(50)36-47;1-2/h6-36H,1-2,37H2,3-5H3;1-2H2/b15-14-,43-16+,48-39-;. The van der Waals surface area contributed by atoms with Gasteiger partial charge in [-0.1, -0.05) is 148 Å². The third-order valence-electron chi connectivity index (χ3n) is 12.4. The van der Waals surface area contributed by atoms with Crippen molar-refractivity contribution in [1.82, 2.24) is 4.57 Å². The molecule has 0 atom stereocenters. The number of ether oxygens (including phenoxy) is 1. The van der Waals surface area contributed by atoms with Gasteiger partial charge in [-0.05, 0) is 124 Å². The molecule has 0 fully saturated rings. The van der Waals surface area contributed by atoms with Crippen LogP contribution in [-0.2, 0) is 10.2 Å². The van der Waals surface area contributed by atoms with E-state index < -0.39 is 0 Å². The second-order valence-electron chi connectivity index (χ2n) is 16.3. The van der Waals surface area contributed by atoms with Crippen molar-refractivity contribution < 1.29 is 4.74 Å². The maximum atomic E-state index is 6.19. The van der Waals surface area contributed by atoms with Crippen LogP contribution in [0, 0.1) is 0 Å². The minimum Gasteiger partial charge on any atom is -0.493 e. The molecular formula is C59H50N2O. The summed E-state index contributed by atoms with van der Waals surface area (Å²) in [7, 11) is 0. The number of hydrogen-bond acceptors (Lipinski definition) is 2. The fraction of sp³-hybridized carbons (Fsp3) is 0.0847. The summed E-state index contributed by atoms with van der Waals surface area (Å²) >= 11 is 0. The summed E-state index contributed by atoms with van der Waals surface area (Å²) < 4.78 is 8.63. The van der Waals surface area contributed by atoms with Crippen LogP contribution in [0.4, 0.5) is 17.1 Å². The molecule has 0 spiro atoms. The van der Waals surface area contributed by atoms with Crippen molar-refractivity contribution in [2.24, 2.45) is 0 Å². The van der Waals surface area contributed by atoms with Crippen molar-refractivity contribution in [2.45, 2.75) is 26.2 Å². The smallest absolute Gasteiger partial charge is 0.113 e. The van der Waals surface area contributed by atoms with E-state index >= 15 is 0 Å². The lowest BCUT2D eigenvalue weighted by atomic mass is 9.82. The number of benzene rings is 7. The number of para-hydroxylation sites is 2. The van der Waals surface area contributed by atoms with E-state index in [1.54, 1.807) is 6.08 Å². The zero-order chi connectivity index (χ0) is 43.0. The Hall–Kier alpha value is -7.62. The lowest BCUT2D eigenvalue weighted by Crippen LogP contribution is -2.15. The Bertz CT molecular complexity index is 3100. The van der Waals surface area contributed by atoms with Gasteiger partial charge in [-0.2, -0.15) is 0 Å². The van der Waals surface area contributed by atoms with E-state index in [0.717, 1.165) is 45.1 Å². The lowest BCUT2D eigenvalue weighted by molar-refractivity contribution is 0.253. The van der Waals surface area contributed by atoms with Gasteiger partial charge in [0.05, 0.1) is 11.0 Å². The topological polar surface area (TPSA) is 17.4 Å². The van der Waals surface area contributed by atoms with Gasteiger partial charge in [0.15, 0.2) is 0 Å². The SMILES string of the molecule is C=C.C=C/C1=C(\C)OC/C(c2ccc(N(c3ccccc3)c3ccc(-c4ccc5c(c4)c4ccccc4n5-c4ccc5c(c4)C(C)(C)c4ccccc4-5)cc3)cc2)=C\C=C/C1=C. The van der Waals surface area contributed by atoms with Gasteiger partial charge >= 0.3 is 0 Å². The van der Waals surface area contributed by atoms with Crippen LogP contribution in [0.5, 0.6) is 0 Å². The van der Waals surface area contributed by atoms with Crippen molar-refractivity contribution in [1.29, 1.82) is 0 Å². The van der Waals surface area contributed by atoms with Crippen molar-refractivity contribution in [3.05, 3.63) is 248 Å². The van der Waals surface area contributed by atoms with Gasteiger partial charge in [0.25, 0.3) is 0 Å². The number of nitrogens with zero attached hydrogens (tertiary/aromatic N) is 2. The third-order valence-corrected chi connectivity index (χ3v) is 12.4. The number of fused-ring (bicyclic) bond motifs is 6. The molecule has 0 unspecified atom stereocenters. The Balaban J connectivity index is 0.00000242. The first-order valence-corrected chi connectivity index (χ1v) is 21.2. The number of aromatic nitrogens is 1. The fourth-order valence-electron chi connectivity index (χ4n) is 9.28. The molecule has 0 N–H and O–H groups in total.